The summed E-state index contributed by atoms with van der Waals surface area (Å²) in [6.45, 7) is 3.94. The molecule has 1 saturated heterocycles. The molecule has 0 spiro atoms. The Hall–Kier alpha value is -1.85. The van der Waals surface area contributed by atoms with Crippen LogP contribution in [0.4, 0.5) is 0 Å². The van der Waals surface area contributed by atoms with Crippen LogP contribution in [0.3, 0.4) is 0 Å². The lowest BCUT2D eigenvalue weighted by Crippen LogP contribution is -2.38. The zero-order valence-corrected chi connectivity index (χ0v) is 15.9. The standard InChI is InChI=1S/C21H25NO3S/c1-14-8-9-20(26-14)17-11-18(17)21(24)22(13-16-6-4-10-25-16)12-15-5-2-3-7-19(15)23/h2-3,5,7-9,16-18,23H,4,6,10-13H2,1H3. The molecule has 138 valence electrons. The normalized spacial score (nSPS) is 24.6. The summed E-state index contributed by atoms with van der Waals surface area (Å²) < 4.78 is 5.76. The molecule has 1 amide bonds. The fraction of sp³-hybridized carbons (Fsp3) is 0.476. The van der Waals surface area contributed by atoms with E-state index in [1.165, 1.54) is 9.75 Å². The van der Waals surface area contributed by atoms with Crippen molar-refractivity contribution in [1.29, 1.82) is 0 Å². The first-order valence-electron chi connectivity index (χ1n) is 9.35. The molecule has 26 heavy (non-hydrogen) atoms. The van der Waals surface area contributed by atoms with E-state index in [-0.39, 0.29) is 23.7 Å². The average Bonchev–Trinajstić information content (AvgIpc) is 3.02. The van der Waals surface area contributed by atoms with Gasteiger partial charge in [0.05, 0.1) is 6.10 Å². The number of rotatable bonds is 6. The van der Waals surface area contributed by atoms with Crippen LogP contribution in [-0.2, 0) is 16.1 Å². The number of benzene rings is 1. The van der Waals surface area contributed by atoms with Crippen molar-refractivity contribution in [2.75, 3.05) is 13.2 Å². The van der Waals surface area contributed by atoms with Crippen molar-refractivity contribution < 1.29 is 14.6 Å². The van der Waals surface area contributed by atoms with Crippen LogP contribution in [0.1, 0.15) is 40.5 Å². The minimum Gasteiger partial charge on any atom is -0.508 e. The summed E-state index contributed by atoms with van der Waals surface area (Å²) >= 11 is 1.80. The lowest BCUT2D eigenvalue weighted by Gasteiger charge is -2.26. The summed E-state index contributed by atoms with van der Waals surface area (Å²) in [7, 11) is 0. The number of hydrogen-bond donors (Lipinski definition) is 1. The number of aryl methyl sites for hydroxylation is 1. The van der Waals surface area contributed by atoms with Crippen LogP contribution in [0.5, 0.6) is 5.75 Å². The Labute approximate surface area is 158 Å². The molecular formula is C21H25NO3S. The number of hydrogen-bond acceptors (Lipinski definition) is 4. The first-order valence-corrected chi connectivity index (χ1v) is 10.2. The third-order valence-corrected chi connectivity index (χ3v) is 6.48. The minimum absolute atomic E-state index is 0.0697. The molecule has 2 fully saturated rings. The molecule has 2 aliphatic rings. The van der Waals surface area contributed by atoms with Gasteiger partial charge in [-0.3, -0.25) is 4.79 Å². The largest absolute Gasteiger partial charge is 0.508 e. The number of thiophene rings is 1. The summed E-state index contributed by atoms with van der Waals surface area (Å²) in [5.74, 6) is 0.872. The van der Waals surface area contributed by atoms with Gasteiger partial charge in [-0.15, -0.1) is 11.3 Å². The van der Waals surface area contributed by atoms with E-state index in [2.05, 4.69) is 19.1 Å². The lowest BCUT2D eigenvalue weighted by molar-refractivity contribution is -0.135. The summed E-state index contributed by atoms with van der Waals surface area (Å²) in [5, 5.41) is 10.1. The molecule has 3 unspecified atom stereocenters. The van der Waals surface area contributed by atoms with Gasteiger partial charge in [0.1, 0.15) is 5.75 Å². The van der Waals surface area contributed by atoms with E-state index in [4.69, 9.17) is 4.74 Å². The molecule has 1 saturated carbocycles. The van der Waals surface area contributed by atoms with Gasteiger partial charge in [-0.25, -0.2) is 0 Å². The van der Waals surface area contributed by atoms with E-state index in [1.54, 1.807) is 23.5 Å². The maximum atomic E-state index is 13.2. The zero-order valence-electron chi connectivity index (χ0n) is 15.1. The number of phenols is 1. The van der Waals surface area contributed by atoms with Gasteiger partial charge in [-0.2, -0.15) is 0 Å². The van der Waals surface area contributed by atoms with Crippen LogP contribution >= 0.6 is 11.3 Å². The predicted molar refractivity (Wildman–Crippen MR) is 102 cm³/mol. The van der Waals surface area contributed by atoms with Crippen molar-refractivity contribution in [3.63, 3.8) is 0 Å². The topological polar surface area (TPSA) is 49.8 Å². The van der Waals surface area contributed by atoms with Gasteiger partial charge < -0.3 is 14.7 Å². The van der Waals surface area contributed by atoms with Gasteiger partial charge in [0.2, 0.25) is 5.91 Å². The highest BCUT2D eigenvalue weighted by molar-refractivity contribution is 7.12. The Kier molecular flexibility index (Phi) is 5.00. The van der Waals surface area contributed by atoms with Crippen LogP contribution in [0.15, 0.2) is 36.4 Å². The Balaban J connectivity index is 1.48. The Morgan fingerprint density at radius 2 is 2.15 bits per heavy atom. The highest BCUT2D eigenvalue weighted by Gasteiger charge is 2.46. The lowest BCUT2D eigenvalue weighted by atomic mass is 10.1. The Morgan fingerprint density at radius 1 is 1.31 bits per heavy atom. The van der Waals surface area contributed by atoms with Gasteiger partial charge in [-0.1, -0.05) is 18.2 Å². The van der Waals surface area contributed by atoms with E-state index in [1.807, 2.05) is 17.0 Å². The number of para-hydroxylation sites is 1. The second-order valence-electron chi connectivity index (χ2n) is 7.38. The second kappa shape index (κ2) is 7.41. The SMILES string of the molecule is Cc1ccc(C2CC2C(=O)N(Cc2ccccc2O)CC2CCCO2)s1. The number of nitrogens with zero attached hydrogens (tertiary/aromatic N) is 1. The summed E-state index contributed by atoms with van der Waals surface area (Å²) in [6.07, 6.45) is 3.11. The molecule has 1 aliphatic heterocycles. The van der Waals surface area contributed by atoms with Crippen LogP contribution in [0.2, 0.25) is 0 Å². The van der Waals surface area contributed by atoms with Crippen LogP contribution < -0.4 is 0 Å². The maximum Gasteiger partial charge on any atom is 0.226 e. The highest BCUT2D eigenvalue weighted by Crippen LogP contribution is 2.50. The van der Waals surface area contributed by atoms with E-state index in [0.29, 0.717) is 19.0 Å². The van der Waals surface area contributed by atoms with Gasteiger partial charge in [0.25, 0.3) is 0 Å². The predicted octanol–water partition coefficient (Wildman–Crippen LogP) is 4.07. The molecule has 2 heterocycles. The summed E-state index contributed by atoms with van der Waals surface area (Å²) in [4.78, 5) is 17.7. The molecule has 5 heteroatoms. The van der Waals surface area contributed by atoms with Crippen molar-refractivity contribution in [2.45, 2.75) is 44.8 Å². The fourth-order valence-electron chi connectivity index (χ4n) is 3.79. The maximum absolute atomic E-state index is 13.2. The van der Waals surface area contributed by atoms with Crippen LogP contribution in [0, 0.1) is 12.8 Å². The summed E-state index contributed by atoms with van der Waals surface area (Å²) in [6, 6.07) is 11.6. The van der Waals surface area contributed by atoms with Gasteiger partial charge in [0, 0.05) is 46.8 Å². The number of phenolic OH excluding ortho intramolecular Hbond substituents is 1. The van der Waals surface area contributed by atoms with Crippen molar-refractivity contribution in [1.82, 2.24) is 4.90 Å². The van der Waals surface area contributed by atoms with Crippen molar-refractivity contribution in [2.24, 2.45) is 5.92 Å². The number of ether oxygens (including phenoxy) is 1. The van der Waals surface area contributed by atoms with Gasteiger partial charge >= 0.3 is 0 Å². The monoisotopic (exact) mass is 371 g/mol. The second-order valence-corrected chi connectivity index (χ2v) is 8.70. The van der Waals surface area contributed by atoms with Gasteiger partial charge in [0.15, 0.2) is 0 Å². The highest BCUT2D eigenvalue weighted by atomic mass is 32.1. The Bertz CT molecular complexity index is 781. The van der Waals surface area contributed by atoms with Gasteiger partial charge in [-0.05, 0) is 44.4 Å². The minimum atomic E-state index is 0.0697. The fourth-order valence-corrected chi connectivity index (χ4v) is 4.84. The van der Waals surface area contributed by atoms with E-state index in [0.717, 1.165) is 31.4 Å². The number of carbonyl (C=O) groups excluding carboxylic acids is 1. The first-order chi connectivity index (χ1) is 12.6. The average molecular weight is 372 g/mol. The number of aromatic hydroxyl groups is 1. The molecule has 0 bridgehead atoms. The van der Waals surface area contributed by atoms with Crippen LogP contribution in [0.25, 0.3) is 0 Å². The third kappa shape index (κ3) is 3.79. The number of carbonyl (C=O) groups is 1. The summed E-state index contributed by atoms with van der Waals surface area (Å²) in [5.41, 5.74) is 0.794. The van der Waals surface area contributed by atoms with Crippen molar-refractivity contribution in [3.05, 3.63) is 51.7 Å². The molecule has 0 radical (unpaired) electrons. The molecule has 3 atom stereocenters. The third-order valence-electron chi connectivity index (χ3n) is 5.35. The van der Waals surface area contributed by atoms with E-state index in [9.17, 15) is 9.90 Å². The zero-order chi connectivity index (χ0) is 18.1. The van der Waals surface area contributed by atoms with Crippen LogP contribution in [-0.4, -0.2) is 35.2 Å². The number of amides is 1. The molecule has 4 rings (SSSR count). The molecular weight excluding hydrogens is 346 g/mol. The van der Waals surface area contributed by atoms with E-state index >= 15 is 0 Å². The smallest absolute Gasteiger partial charge is 0.226 e. The molecule has 1 aliphatic carbocycles. The molecule has 1 aromatic carbocycles. The molecule has 2 aromatic rings. The van der Waals surface area contributed by atoms with Crippen molar-refractivity contribution >= 4 is 17.2 Å². The Morgan fingerprint density at radius 3 is 2.85 bits per heavy atom. The first kappa shape index (κ1) is 17.6. The quantitative estimate of drug-likeness (QED) is 0.833. The molecule has 4 nitrogen and oxygen atoms in total. The molecule has 1 N–H and O–H groups in total. The van der Waals surface area contributed by atoms with E-state index < -0.39 is 0 Å². The van der Waals surface area contributed by atoms with Crippen molar-refractivity contribution in [3.8, 4) is 5.75 Å². The molecule has 1 aromatic heterocycles.